The SMILES string of the molecule is CCOC(=O)C1=C2COCC(=O)N2CCC1. The van der Waals surface area contributed by atoms with Crippen LogP contribution >= 0.6 is 0 Å². The molecule has 0 aromatic carbocycles. The first-order chi connectivity index (χ1) is 7.74. The van der Waals surface area contributed by atoms with Gasteiger partial charge in [-0.3, -0.25) is 4.79 Å². The van der Waals surface area contributed by atoms with Crippen molar-refractivity contribution in [1.29, 1.82) is 0 Å². The molecule has 0 N–H and O–H groups in total. The van der Waals surface area contributed by atoms with Crippen LogP contribution < -0.4 is 0 Å². The van der Waals surface area contributed by atoms with Gasteiger partial charge >= 0.3 is 5.97 Å². The lowest BCUT2D eigenvalue weighted by Gasteiger charge is -2.34. The Labute approximate surface area is 94.0 Å². The number of amides is 1. The van der Waals surface area contributed by atoms with E-state index >= 15 is 0 Å². The first-order valence-electron chi connectivity index (χ1n) is 5.51. The lowest BCUT2D eigenvalue weighted by Crippen LogP contribution is -2.43. The molecule has 2 rings (SSSR count). The number of carbonyl (C=O) groups is 2. The third-order valence-corrected chi connectivity index (χ3v) is 2.77. The Morgan fingerprint density at radius 1 is 1.50 bits per heavy atom. The minimum atomic E-state index is -0.319. The number of morpholine rings is 1. The molecule has 2 aliphatic heterocycles. The summed E-state index contributed by atoms with van der Waals surface area (Å²) in [4.78, 5) is 24.9. The van der Waals surface area contributed by atoms with Gasteiger partial charge in [0.05, 0.1) is 24.5 Å². The number of esters is 1. The van der Waals surface area contributed by atoms with Crippen LogP contribution in [0.15, 0.2) is 11.3 Å². The van der Waals surface area contributed by atoms with Crippen molar-refractivity contribution in [3.05, 3.63) is 11.3 Å². The minimum Gasteiger partial charge on any atom is -0.463 e. The smallest absolute Gasteiger partial charge is 0.335 e. The van der Waals surface area contributed by atoms with Gasteiger partial charge in [-0.15, -0.1) is 0 Å². The summed E-state index contributed by atoms with van der Waals surface area (Å²) in [5, 5.41) is 0. The Morgan fingerprint density at radius 2 is 2.31 bits per heavy atom. The van der Waals surface area contributed by atoms with Gasteiger partial charge in [0.15, 0.2) is 0 Å². The van der Waals surface area contributed by atoms with Crippen LogP contribution in [-0.2, 0) is 19.1 Å². The number of rotatable bonds is 2. The molecule has 1 amide bonds. The molecule has 0 bridgehead atoms. The second-order valence-corrected chi connectivity index (χ2v) is 3.79. The highest BCUT2D eigenvalue weighted by atomic mass is 16.5. The molecule has 1 saturated heterocycles. The molecular weight excluding hydrogens is 210 g/mol. The number of carbonyl (C=O) groups excluding carboxylic acids is 2. The van der Waals surface area contributed by atoms with Crippen molar-refractivity contribution in [2.75, 3.05) is 26.4 Å². The van der Waals surface area contributed by atoms with E-state index in [1.807, 2.05) is 0 Å². The van der Waals surface area contributed by atoms with Gasteiger partial charge in [-0.25, -0.2) is 4.79 Å². The molecule has 5 heteroatoms. The fraction of sp³-hybridized carbons (Fsp3) is 0.636. The van der Waals surface area contributed by atoms with E-state index in [0.29, 0.717) is 37.4 Å². The van der Waals surface area contributed by atoms with E-state index in [-0.39, 0.29) is 18.5 Å². The molecular formula is C11H15NO4. The van der Waals surface area contributed by atoms with Crippen LogP contribution in [0.5, 0.6) is 0 Å². The number of fused-ring (bicyclic) bond motifs is 1. The average molecular weight is 225 g/mol. The lowest BCUT2D eigenvalue weighted by molar-refractivity contribution is -0.141. The fourth-order valence-corrected chi connectivity index (χ4v) is 2.05. The van der Waals surface area contributed by atoms with Crippen molar-refractivity contribution in [2.24, 2.45) is 0 Å². The Hall–Kier alpha value is -1.36. The molecule has 88 valence electrons. The number of hydrogen-bond donors (Lipinski definition) is 0. The molecule has 0 aromatic rings. The van der Waals surface area contributed by atoms with Crippen molar-refractivity contribution in [3.63, 3.8) is 0 Å². The van der Waals surface area contributed by atoms with Crippen LogP contribution in [0.3, 0.4) is 0 Å². The van der Waals surface area contributed by atoms with Crippen molar-refractivity contribution in [2.45, 2.75) is 19.8 Å². The number of hydrogen-bond acceptors (Lipinski definition) is 4. The van der Waals surface area contributed by atoms with Gasteiger partial charge in [0.25, 0.3) is 5.91 Å². The first kappa shape index (κ1) is 11.1. The molecule has 0 unspecified atom stereocenters. The molecule has 16 heavy (non-hydrogen) atoms. The van der Waals surface area contributed by atoms with Gasteiger partial charge in [-0.2, -0.15) is 0 Å². The second-order valence-electron chi connectivity index (χ2n) is 3.79. The van der Waals surface area contributed by atoms with Gasteiger partial charge in [0.1, 0.15) is 6.61 Å². The van der Waals surface area contributed by atoms with Crippen LogP contribution in [0.2, 0.25) is 0 Å². The zero-order valence-corrected chi connectivity index (χ0v) is 9.32. The van der Waals surface area contributed by atoms with Crippen molar-refractivity contribution in [1.82, 2.24) is 4.90 Å². The molecule has 1 fully saturated rings. The summed E-state index contributed by atoms with van der Waals surface area (Å²) >= 11 is 0. The van der Waals surface area contributed by atoms with Gasteiger partial charge in [-0.1, -0.05) is 0 Å². The largest absolute Gasteiger partial charge is 0.463 e. The van der Waals surface area contributed by atoms with Crippen LogP contribution in [0.1, 0.15) is 19.8 Å². The molecule has 0 spiro atoms. The van der Waals surface area contributed by atoms with Gasteiger partial charge in [0.2, 0.25) is 0 Å². The van der Waals surface area contributed by atoms with E-state index in [1.165, 1.54) is 0 Å². The monoisotopic (exact) mass is 225 g/mol. The summed E-state index contributed by atoms with van der Waals surface area (Å²) in [6.07, 6.45) is 1.48. The van der Waals surface area contributed by atoms with Crippen molar-refractivity contribution < 1.29 is 19.1 Å². The maximum atomic E-state index is 11.7. The molecule has 0 saturated carbocycles. The maximum Gasteiger partial charge on any atom is 0.335 e. The van der Waals surface area contributed by atoms with Crippen LogP contribution in [0.25, 0.3) is 0 Å². The summed E-state index contributed by atoms with van der Waals surface area (Å²) < 4.78 is 10.1. The van der Waals surface area contributed by atoms with Crippen LogP contribution in [0, 0.1) is 0 Å². The first-order valence-corrected chi connectivity index (χ1v) is 5.51. The van der Waals surface area contributed by atoms with E-state index in [4.69, 9.17) is 9.47 Å². The molecule has 5 nitrogen and oxygen atoms in total. The van der Waals surface area contributed by atoms with E-state index in [1.54, 1.807) is 11.8 Å². The van der Waals surface area contributed by atoms with Gasteiger partial charge < -0.3 is 14.4 Å². The molecule has 0 atom stereocenters. The molecule has 0 aromatic heterocycles. The maximum absolute atomic E-state index is 11.7. The highest BCUT2D eigenvalue weighted by Crippen LogP contribution is 2.26. The predicted molar refractivity (Wildman–Crippen MR) is 55.4 cm³/mol. The topological polar surface area (TPSA) is 55.8 Å². The quantitative estimate of drug-likeness (QED) is 0.640. The molecule has 2 heterocycles. The van der Waals surface area contributed by atoms with Crippen molar-refractivity contribution in [3.8, 4) is 0 Å². The normalized spacial score (nSPS) is 20.8. The Morgan fingerprint density at radius 3 is 3.06 bits per heavy atom. The highest BCUT2D eigenvalue weighted by molar-refractivity contribution is 5.91. The third-order valence-electron chi connectivity index (χ3n) is 2.77. The zero-order chi connectivity index (χ0) is 11.5. The average Bonchev–Trinajstić information content (AvgIpc) is 2.29. The Kier molecular flexibility index (Phi) is 3.24. The second kappa shape index (κ2) is 4.65. The van der Waals surface area contributed by atoms with Crippen molar-refractivity contribution >= 4 is 11.9 Å². The third kappa shape index (κ3) is 1.95. The fourth-order valence-electron chi connectivity index (χ4n) is 2.05. The van der Waals surface area contributed by atoms with Gasteiger partial charge in [0, 0.05) is 6.54 Å². The molecule has 2 aliphatic rings. The summed E-state index contributed by atoms with van der Waals surface area (Å²) in [6, 6.07) is 0. The molecule has 0 radical (unpaired) electrons. The number of ether oxygens (including phenoxy) is 2. The Bertz CT molecular complexity index is 348. The number of nitrogens with zero attached hydrogens (tertiary/aromatic N) is 1. The summed E-state index contributed by atoms with van der Waals surface area (Å²) in [7, 11) is 0. The van der Waals surface area contributed by atoms with E-state index in [2.05, 4.69) is 0 Å². The predicted octanol–water partition coefficient (Wildman–Crippen LogP) is 0.456. The lowest BCUT2D eigenvalue weighted by atomic mass is 10.0. The van der Waals surface area contributed by atoms with Crippen LogP contribution in [-0.4, -0.2) is 43.1 Å². The van der Waals surface area contributed by atoms with E-state index < -0.39 is 0 Å². The Balaban J connectivity index is 2.26. The summed E-state index contributed by atoms with van der Waals surface area (Å²) in [5.41, 5.74) is 1.29. The zero-order valence-electron chi connectivity index (χ0n) is 9.32. The summed E-state index contributed by atoms with van der Waals surface area (Å²) in [6.45, 7) is 3.25. The molecule has 0 aliphatic carbocycles. The standard InChI is InChI=1S/C11H15NO4/c1-2-16-11(14)8-4-3-5-12-9(8)6-15-7-10(12)13/h2-7H2,1H3. The van der Waals surface area contributed by atoms with Crippen LogP contribution in [0.4, 0.5) is 0 Å². The van der Waals surface area contributed by atoms with E-state index in [9.17, 15) is 9.59 Å². The summed E-state index contributed by atoms with van der Waals surface area (Å²) in [5.74, 6) is -0.386. The van der Waals surface area contributed by atoms with E-state index in [0.717, 1.165) is 6.42 Å². The highest BCUT2D eigenvalue weighted by Gasteiger charge is 2.31. The minimum absolute atomic E-state index is 0.0669. The van der Waals surface area contributed by atoms with Gasteiger partial charge in [-0.05, 0) is 19.8 Å².